The van der Waals surface area contributed by atoms with E-state index in [2.05, 4.69) is 60.6 Å². The molecule has 0 heterocycles. The van der Waals surface area contributed by atoms with Crippen molar-refractivity contribution in [1.29, 1.82) is 0 Å². The first-order valence-corrected chi connectivity index (χ1v) is 7.36. The van der Waals surface area contributed by atoms with Crippen LogP contribution in [0.2, 0.25) is 0 Å². The Bertz CT molecular complexity index is 534. The Kier molecular flexibility index (Phi) is 5.64. The molecule has 0 bridgehead atoms. The number of anilines is 1. The van der Waals surface area contributed by atoms with Gasteiger partial charge in [-0.05, 0) is 41.9 Å². The van der Waals surface area contributed by atoms with E-state index >= 15 is 0 Å². The topological polar surface area (TPSA) is 24.5 Å². The molecule has 2 aromatic rings. The Balaban J connectivity index is 1.96. The summed E-state index contributed by atoms with van der Waals surface area (Å²) < 4.78 is 5.19. The second-order valence-electron chi connectivity index (χ2n) is 5.15. The molecule has 1 N–H and O–H groups in total. The maximum atomic E-state index is 5.19. The van der Waals surface area contributed by atoms with Crippen molar-refractivity contribution in [2.45, 2.75) is 20.0 Å². The lowest BCUT2D eigenvalue weighted by Crippen LogP contribution is -2.16. The molecule has 3 nitrogen and oxygen atoms in total. The van der Waals surface area contributed by atoms with Gasteiger partial charge < -0.3 is 15.0 Å². The summed E-state index contributed by atoms with van der Waals surface area (Å²) in [6.45, 7) is 4.96. The van der Waals surface area contributed by atoms with Gasteiger partial charge in [0.15, 0.2) is 0 Å². The lowest BCUT2D eigenvalue weighted by atomic mass is 10.1. The van der Waals surface area contributed by atoms with Crippen LogP contribution in [-0.4, -0.2) is 20.7 Å². The lowest BCUT2D eigenvalue weighted by Gasteiger charge is -2.20. The average Bonchev–Trinajstić information content (AvgIpc) is 2.54. The fourth-order valence-electron chi connectivity index (χ4n) is 2.23. The van der Waals surface area contributed by atoms with Crippen LogP contribution < -0.4 is 15.0 Å². The fraction of sp³-hybridized carbons (Fsp3) is 0.333. The summed E-state index contributed by atoms with van der Waals surface area (Å²) >= 11 is 0. The van der Waals surface area contributed by atoms with Crippen molar-refractivity contribution >= 4 is 5.69 Å². The van der Waals surface area contributed by atoms with Crippen molar-refractivity contribution in [3.63, 3.8) is 0 Å². The molecule has 0 aliphatic rings. The maximum absolute atomic E-state index is 5.19. The molecule has 0 spiro atoms. The molecule has 0 amide bonds. The number of hydrogen-bond acceptors (Lipinski definition) is 3. The standard InChI is InChI=1S/C18H24N2O/c1-4-19-13-15-5-7-16(8-6-15)14-20(2)17-9-11-18(21-3)12-10-17/h5-12,19H,4,13-14H2,1-3H3. The number of methoxy groups -OCH3 is 1. The smallest absolute Gasteiger partial charge is 0.119 e. The second-order valence-corrected chi connectivity index (χ2v) is 5.15. The predicted molar refractivity (Wildman–Crippen MR) is 88.9 cm³/mol. The molecule has 0 fully saturated rings. The summed E-state index contributed by atoms with van der Waals surface area (Å²) in [5.74, 6) is 0.889. The second kappa shape index (κ2) is 7.70. The Hall–Kier alpha value is -2.00. The summed E-state index contributed by atoms with van der Waals surface area (Å²) in [6.07, 6.45) is 0. The zero-order chi connectivity index (χ0) is 15.1. The minimum Gasteiger partial charge on any atom is -0.497 e. The van der Waals surface area contributed by atoms with Gasteiger partial charge in [-0.1, -0.05) is 31.2 Å². The molecule has 0 aromatic heterocycles. The molecule has 0 aliphatic carbocycles. The molecule has 2 rings (SSSR count). The molecule has 0 aliphatic heterocycles. The zero-order valence-electron chi connectivity index (χ0n) is 13.1. The van der Waals surface area contributed by atoms with Crippen LogP contribution in [0.5, 0.6) is 5.75 Å². The molecule has 0 atom stereocenters. The lowest BCUT2D eigenvalue weighted by molar-refractivity contribution is 0.415. The van der Waals surface area contributed by atoms with Crippen molar-refractivity contribution in [1.82, 2.24) is 5.32 Å². The number of benzene rings is 2. The summed E-state index contributed by atoms with van der Waals surface area (Å²) in [4.78, 5) is 2.23. The van der Waals surface area contributed by atoms with Crippen molar-refractivity contribution < 1.29 is 4.74 Å². The number of ether oxygens (including phenoxy) is 1. The Morgan fingerprint density at radius 1 is 0.952 bits per heavy atom. The molecule has 21 heavy (non-hydrogen) atoms. The van der Waals surface area contributed by atoms with E-state index in [9.17, 15) is 0 Å². The van der Waals surface area contributed by atoms with E-state index in [0.29, 0.717) is 0 Å². The van der Waals surface area contributed by atoms with E-state index in [1.54, 1.807) is 7.11 Å². The van der Waals surface area contributed by atoms with Crippen molar-refractivity contribution in [2.75, 3.05) is 25.6 Å². The molecule has 0 radical (unpaired) electrons. The first-order chi connectivity index (χ1) is 10.2. The molecule has 0 saturated heterocycles. The molecule has 3 heteroatoms. The molecular weight excluding hydrogens is 260 g/mol. The van der Waals surface area contributed by atoms with Crippen LogP contribution >= 0.6 is 0 Å². The van der Waals surface area contributed by atoms with Gasteiger partial charge in [0.1, 0.15) is 5.75 Å². The van der Waals surface area contributed by atoms with Crippen LogP contribution in [0.1, 0.15) is 18.1 Å². The number of nitrogens with one attached hydrogen (secondary N) is 1. The largest absolute Gasteiger partial charge is 0.497 e. The normalized spacial score (nSPS) is 10.4. The van der Waals surface area contributed by atoms with E-state index in [-0.39, 0.29) is 0 Å². The first-order valence-electron chi connectivity index (χ1n) is 7.36. The SMILES string of the molecule is CCNCc1ccc(CN(C)c2ccc(OC)cc2)cc1. The zero-order valence-corrected chi connectivity index (χ0v) is 13.1. The monoisotopic (exact) mass is 284 g/mol. The minimum atomic E-state index is 0.889. The molecular formula is C18H24N2O. The Labute approximate surface area is 127 Å². The van der Waals surface area contributed by atoms with Crippen molar-refractivity contribution in [2.24, 2.45) is 0 Å². The number of hydrogen-bond donors (Lipinski definition) is 1. The molecule has 0 unspecified atom stereocenters. The van der Waals surface area contributed by atoms with Crippen LogP contribution in [0.15, 0.2) is 48.5 Å². The minimum absolute atomic E-state index is 0.889. The van der Waals surface area contributed by atoms with Crippen molar-refractivity contribution in [3.8, 4) is 5.75 Å². The first kappa shape index (κ1) is 15.4. The maximum Gasteiger partial charge on any atom is 0.119 e. The van der Waals surface area contributed by atoms with Crippen molar-refractivity contribution in [3.05, 3.63) is 59.7 Å². The quantitative estimate of drug-likeness (QED) is 0.843. The Morgan fingerprint density at radius 3 is 2.14 bits per heavy atom. The van der Waals surface area contributed by atoms with Gasteiger partial charge in [-0.2, -0.15) is 0 Å². The van der Waals surface area contributed by atoms with Crippen LogP contribution in [-0.2, 0) is 13.1 Å². The fourth-order valence-corrected chi connectivity index (χ4v) is 2.23. The summed E-state index contributed by atoms with van der Waals surface area (Å²) in [5.41, 5.74) is 3.83. The summed E-state index contributed by atoms with van der Waals surface area (Å²) in [6, 6.07) is 16.9. The molecule has 2 aromatic carbocycles. The third-order valence-electron chi connectivity index (χ3n) is 3.54. The van der Waals surface area contributed by atoms with Gasteiger partial charge in [-0.15, -0.1) is 0 Å². The van der Waals surface area contributed by atoms with E-state index in [0.717, 1.165) is 25.4 Å². The van der Waals surface area contributed by atoms with Gasteiger partial charge in [-0.3, -0.25) is 0 Å². The number of nitrogens with zero attached hydrogens (tertiary/aromatic N) is 1. The Morgan fingerprint density at radius 2 is 1.57 bits per heavy atom. The van der Waals surface area contributed by atoms with Gasteiger partial charge in [0.2, 0.25) is 0 Å². The highest BCUT2D eigenvalue weighted by Gasteiger charge is 2.03. The van der Waals surface area contributed by atoms with E-state index < -0.39 is 0 Å². The van der Waals surface area contributed by atoms with Crippen LogP contribution in [0, 0.1) is 0 Å². The van der Waals surface area contributed by atoms with E-state index in [4.69, 9.17) is 4.74 Å². The van der Waals surface area contributed by atoms with Gasteiger partial charge in [0, 0.05) is 25.8 Å². The highest BCUT2D eigenvalue weighted by Crippen LogP contribution is 2.19. The van der Waals surface area contributed by atoms with Gasteiger partial charge >= 0.3 is 0 Å². The predicted octanol–water partition coefficient (Wildman–Crippen LogP) is 3.44. The van der Waals surface area contributed by atoms with Crippen LogP contribution in [0.4, 0.5) is 5.69 Å². The van der Waals surface area contributed by atoms with Gasteiger partial charge in [0.05, 0.1) is 7.11 Å². The molecule has 0 saturated carbocycles. The molecule has 112 valence electrons. The number of rotatable bonds is 7. The highest BCUT2D eigenvalue weighted by atomic mass is 16.5. The van der Waals surface area contributed by atoms with Crippen LogP contribution in [0.3, 0.4) is 0 Å². The van der Waals surface area contributed by atoms with Gasteiger partial charge in [-0.25, -0.2) is 0 Å². The highest BCUT2D eigenvalue weighted by molar-refractivity contribution is 5.48. The van der Waals surface area contributed by atoms with E-state index in [1.165, 1.54) is 16.8 Å². The summed E-state index contributed by atoms with van der Waals surface area (Å²) in [7, 11) is 3.79. The third kappa shape index (κ3) is 4.50. The van der Waals surface area contributed by atoms with E-state index in [1.807, 2.05) is 12.1 Å². The average molecular weight is 284 g/mol. The summed E-state index contributed by atoms with van der Waals surface area (Å²) in [5, 5.41) is 3.34. The van der Waals surface area contributed by atoms with Gasteiger partial charge in [0.25, 0.3) is 0 Å². The van der Waals surface area contributed by atoms with Crippen LogP contribution in [0.25, 0.3) is 0 Å². The third-order valence-corrected chi connectivity index (χ3v) is 3.54.